The zero-order valence-electron chi connectivity index (χ0n) is 12.0. The summed E-state index contributed by atoms with van der Waals surface area (Å²) < 4.78 is 5.08. The molecule has 0 aliphatic rings. The third kappa shape index (κ3) is 4.84. The second-order valence-electron chi connectivity index (χ2n) is 4.32. The fourth-order valence-corrected chi connectivity index (χ4v) is 2.82. The van der Waals surface area contributed by atoms with Gasteiger partial charge >= 0.3 is 0 Å². The molecule has 0 aliphatic heterocycles. The first-order chi connectivity index (χ1) is 10.1. The maximum absolute atomic E-state index is 12.0. The molecule has 0 spiro atoms. The van der Waals surface area contributed by atoms with Crippen LogP contribution in [0.1, 0.15) is 21.1 Å². The van der Waals surface area contributed by atoms with Crippen molar-refractivity contribution in [2.75, 3.05) is 13.7 Å². The molecule has 3 N–H and O–H groups in total. The number of hydrogen-bond acceptors (Lipinski definition) is 5. The highest BCUT2D eigenvalue weighted by molar-refractivity contribution is 7.09. The van der Waals surface area contributed by atoms with Crippen LogP contribution in [0.5, 0.6) is 5.75 Å². The number of halogens is 2. The lowest BCUT2D eigenvalue weighted by atomic mass is 10.2. The highest BCUT2D eigenvalue weighted by atomic mass is 35.5. The van der Waals surface area contributed by atoms with Gasteiger partial charge in [-0.25, -0.2) is 4.98 Å². The minimum Gasteiger partial charge on any atom is -0.495 e. The molecule has 0 atom stereocenters. The van der Waals surface area contributed by atoms with Crippen molar-refractivity contribution in [3.05, 3.63) is 44.9 Å². The van der Waals surface area contributed by atoms with Crippen molar-refractivity contribution < 1.29 is 9.53 Å². The number of carbonyl (C=O) groups is 1. The Morgan fingerprint density at radius 3 is 2.91 bits per heavy atom. The molecule has 120 valence electrons. The van der Waals surface area contributed by atoms with Crippen LogP contribution in [-0.4, -0.2) is 24.5 Å². The standard InChI is InChI=1S/C14H16ClN3O2S.ClH/c1-20-12-3-2-9(6-10(12)15)7-17-14(19)11-8-21-13(18-11)4-5-16;/h2-3,6,8H,4-5,7,16H2,1H3,(H,17,19);1H. The van der Waals surface area contributed by atoms with Gasteiger partial charge < -0.3 is 15.8 Å². The maximum Gasteiger partial charge on any atom is 0.271 e. The van der Waals surface area contributed by atoms with Gasteiger partial charge in [0.25, 0.3) is 5.91 Å². The molecule has 1 heterocycles. The number of methoxy groups -OCH3 is 1. The molecular weight excluding hydrogens is 345 g/mol. The first-order valence-electron chi connectivity index (χ1n) is 6.39. The van der Waals surface area contributed by atoms with E-state index in [0.717, 1.165) is 10.6 Å². The Labute approximate surface area is 144 Å². The Kier molecular flexibility index (Phi) is 7.61. The lowest BCUT2D eigenvalue weighted by Gasteiger charge is -2.07. The fourth-order valence-electron chi connectivity index (χ4n) is 1.75. The molecule has 8 heteroatoms. The van der Waals surface area contributed by atoms with Gasteiger partial charge in [-0.15, -0.1) is 23.7 Å². The molecule has 0 saturated heterocycles. The van der Waals surface area contributed by atoms with Crippen molar-refractivity contribution in [1.29, 1.82) is 0 Å². The van der Waals surface area contributed by atoms with Gasteiger partial charge in [0.05, 0.1) is 17.1 Å². The second kappa shape index (κ2) is 8.95. The van der Waals surface area contributed by atoms with Crippen molar-refractivity contribution in [3.63, 3.8) is 0 Å². The van der Waals surface area contributed by atoms with E-state index >= 15 is 0 Å². The number of benzene rings is 1. The van der Waals surface area contributed by atoms with E-state index in [1.165, 1.54) is 11.3 Å². The van der Waals surface area contributed by atoms with E-state index in [0.29, 0.717) is 36.0 Å². The maximum atomic E-state index is 12.0. The van der Waals surface area contributed by atoms with Gasteiger partial charge in [0.1, 0.15) is 11.4 Å². The molecule has 0 aliphatic carbocycles. The summed E-state index contributed by atoms with van der Waals surface area (Å²) in [5.74, 6) is 0.402. The highest BCUT2D eigenvalue weighted by Gasteiger charge is 2.10. The topological polar surface area (TPSA) is 77.2 Å². The molecule has 0 bridgehead atoms. The molecule has 2 rings (SSSR count). The van der Waals surface area contributed by atoms with Crippen molar-refractivity contribution in [2.45, 2.75) is 13.0 Å². The normalized spacial score (nSPS) is 9.95. The minimum atomic E-state index is -0.207. The Morgan fingerprint density at radius 1 is 1.50 bits per heavy atom. The summed E-state index contributed by atoms with van der Waals surface area (Å²) in [6.45, 7) is 0.908. The Bertz CT molecular complexity index is 634. The van der Waals surface area contributed by atoms with Crippen LogP contribution in [0.25, 0.3) is 0 Å². The van der Waals surface area contributed by atoms with Crippen LogP contribution >= 0.6 is 35.3 Å². The van der Waals surface area contributed by atoms with Crippen LogP contribution in [0.15, 0.2) is 23.6 Å². The predicted octanol–water partition coefficient (Wildman–Crippen LogP) is 2.66. The summed E-state index contributed by atoms with van der Waals surface area (Å²) in [6.07, 6.45) is 0.687. The number of rotatable bonds is 6. The average Bonchev–Trinajstić information content (AvgIpc) is 2.94. The first kappa shape index (κ1) is 18.7. The largest absolute Gasteiger partial charge is 0.495 e. The van der Waals surface area contributed by atoms with Gasteiger partial charge in [0.15, 0.2) is 0 Å². The van der Waals surface area contributed by atoms with Crippen LogP contribution < -0.4 is 15.8 Å². The molecule has 5 nitrogen and oxygen atoms in total. The van der Waals surface area contributed by atoms with Crippen LogP contribution in [0, 0.1) is 0 Å². The molecule has 2 aromatic rings. The lowest BCUT2D eigenvalue weighted by Crippen LogP contribution is -2.23. The molecular formula is C14H17Cl2N3O2S. The van der Waals surface area contributed by atoms with E-state index in [9.17, 15) is 4.79 Å². The molecule has 0 saturated carbocycles. The zero-order chi connectivity index (χ0) is 15.2. The summed E-state index contributed by atoms with van der Waals surface area (Å²) >= 11 is 7.48. The van der Waals surface area contributed by atoms with E-state index in [2.05, 4.69) is 10.3 Å². The van der Waals surface area contributed by atoms with E-state index in [1.54, 1.807) is 24.6 Å². The quantitative estimate of drug-likeness (QED) is 0.828. The molecule has 0 radical (unpaired) electrons. The number of hydrogen-bond donors (Lipinski definition) is 2. The number of nitrogens with one attached hydrogen (secondary N) is 1. The zero-order valence-corrected chi connectivity index (χ0v) is 14.4. The molecule has 0 fully saturated rings. The summed E-state index contributed by atoms with van der Waals surface area (Å²) in [6, 6.07) is 5.39. The molecule has 1 amide bonds. The van der Waals surface area contributed by atoms with Crippen LogP contribution in [-0.2, 0) is 13.0 Å². The van der Waals surface area contributed by atoms with Gasteiger partial charge in [0, 0.05) is 18.3 Å². The molecule has 22 heavy (non-hydrogen) atoms. The summed E-state index contributed by atoms with van der Waals surface area (Å²) in [7, 11) is 1.56. The Morgan fingerprint density at radius 2 is 2.27 bits per heavy atom. The smallest absolute Gasteiger partial charge is 0.271 e. The molecule has 0 unspecified atom stereocenters. The predicted molar refractivity (Wildman–Crippen MR) is 91.3 cm³/mol. The van der Waals surface area contributed by atoms with Crippen LogP contribution in [0.2, 0.25) is 5.02 Å². The van der Waals surface area contributed by atoms with Crippen molar-refractivity contribution in [2.24, 2.45) is 5.73 Å². The van der Waals surface area contributed by atoms with Gasteiger partial charge in [0.2, 0.25) is 0 Å². The van der Waals surface area contributed by atoms with Gasteiger partial charge in [-0.2, -0.15) is 0 Å². The molecule has 1 aromatic carbocycles. The summed E-state index contributed by atoms with van der Waals surface area (Å²) in [5.41, 5.74) is 6.78. The van der Waals surface area contributed by atoms with E-state index in [1.807, 2.05) is 6.07 Å². The van der Waals surface area contributed by atoms with Crippen molar-refractivity contribution >= 4 is 41.3 Å². The van der Waals surface area contributed by atoms with Gasteiger partial charge in [-0.3, -0.25) is 4.79 Å². The number of amides is 1. The second-order valence-corrected chi connectivity index (χ2v) is 5.67. The highest BCUT2D eigenvalue weighted by Crippen LogP contribution is 2.24. The van der Waals surface area contributed by atoms with Gasteiger partial charge in [-0.05, 0) is 24.2 Å². The van der Waals surface area contributed by atoms with E-state index in [4.69, 9.17) is 22.1 Å². The fraction of sp³-hybridized carbons (Fsp3) is 0.286. The third-order valence-corrected chi connectivity index (χ3v) is 4.02. The SMILES string of the molecule is COc1ccc(CNC(=O)c2csc(CCN)n2)cc1Cl.Cl. The number of ether oxygens (including phenoxy) is 1. The lowest BCUT2D eigenvalue weighted by molar-refractivity contribution is 0.0946. The van der Waals surface area contributed by atoms with Crippen LogP contribution in [0.3, 0.4) is 0 Å². The van der Waals surface area contributed by atoms with Gasteiger partial charge in [-0.1, -0.05) is 17.7 Å². The Balaban J connectivity index is 0.00000242. The number of thiazole rings is 1. The number of nitrogens with two attached hydrogens (primary N) is 1. The third-order valence-electron chi connectivity index (χ3n) is 2.81. The summed E-state index contributed by atoms with van der Waals surface area (Å²) in [4.78, 5) is 16.2. The van der Waals surface area contributed by atoms with E-state index in [-0.39, 0.29) is 18.3 Å². The number of nitrogens with zero attached hydrogens (tertiary/aromatic N) is 1. The van der Waals surface area contributed by atoms with E-state index < -0.39 is 0 Å². The van der Waals surface area contributed by atoms with Crippen molar-refractivity contribution in [1.82, 2.24) is 10.3 Å². The molecule has 1 aromatic heterocycles. The van der Waals surface area contributed by atoms with Crippen LogP contribution in [0.4, 0.5) is 0 Å². The summed E-state index contributed by atoms with van der Waals surface area (Å²) in [5, 5.41) is 5.93. The minimum absolute atomic E-state index is 0. The number of carbonyl (C=O) groups excluding carboxylic acids is 1. The monoisotopic (exact) mass is 361 g/mol. The number of aromatic nitrogens is 1. The average molecular weight is 362 g/mol. The Hall–Kier alpha value is -1.34. The van der Waals surface area contributed by atoms with Crippen molar-refractivity contribution in [3.8, 4) is 5.75 Å². The first-order valence-corrected chi connectivity index (χ1v) is 7.65.